The summed E-state index contributed by atoms with van der Waals surface area (Å²) >= 11 is 0. The molecule has 2 N–H and O–H groups in total. The Morgan fingerprint density at radius 3 is 2.91 bits per heavy atom. The van der Waals surface area contributed by atoms with Crippen molar-refractivity contribution in [1.82, 2.24) is 15.4 Å². The van der Waals surface area contributed by atoms with Gasteiger partial charge < -0.3 is 14.5 Å². The van der Waals surface area contributed by atoms with E-state index in [-0.39, 0.29) is 12.2 Å². The molecule has 32 heavy (non-hydrogen) atoms. The van der Waals surface area contributed by atoms with E-state index in [1.165, 1.54) is 6.08 Å². The summed E-state index contributed by atoms with van der Waals surface area (Å²) in [5.74, 6) is 1.38. The van der Waals surface area contributed by atoms with Gasteiger partial charge in [-0.05, 0) is 42.2 Å². The number of nitrogens with one attached hydrogen (secondary N) is 2. The summed E-state index contributed by atoms with van der Waals surface area (Å²) in [7, 11) is 1.66. The van der Waals surface area contributed by atoms with Crippen LogP contribution < -0.4 is 10.2 Å². The number of aromatic amines is 1. The highest BCUT2D eigenvalue weighted by molar-refractivity contribution is 5.90. The standard InChI is InChI=1S/C25H27N3O4/c1-30-21-6-4-5-20(16-21)22-17-26-23(27-22)15-19-10-8-18(9-11-19)12-13-24(29)28-32-25-7-2-3-14-31-25/h4-6,8-13,16-17,25H,2-3,7,14-15H2,1H3,(H,26,27)(H,28,29)/b13-12+. The van der Waals surface area contributed by atoms with Crippen molar-refractivity contribution >= 4 is 12.0 Å². The van der Waals surface area contributed by atoms with Crippen LogP contribution >= 0.6 is 0 Å². The Balaban J connectivity index is 1.29. The summed E-state index contributed by atoms with van der Waals surface area (Å²) in [6, 6.07) is 15.9. The van der Waals surface area contributed by atoms with Crippen LogP contribution in [-0.4, -0.2) is 35.9 Å². The first-order valence-electron chi connectivity index (χ1n) is 10.7. The number of hydroxylamine groups is 1. The lowest BCUT2D eigenvalue weighted by Gasteiger charge is -2.21. The predicted molar refractivity (Wildman–Crippen MR) is 122 cm³/mol. The summed E-state index contributed by atoms with van der Waals surface area (Å²) in [6.45, 7) is 0.670. The zero-order valence-corrected chi connectivity index (χ0v) is 18.0. The lowest BCUT2D eigenvalue weighted by Crippen LogP contribution is -2.32. The molecule has 4 rings (SSSR count). The van der Waals surface area contributed by atoms with E-state index in [1.807, 2.05) is 54.7 Å². The predicted octanol–water partition coefficient (Wildman–Crippen LogP) is 4.26. The third kappa shape index (κ3) is 6.06. The number of rotatable bonds is 8. The van der Waals surface area contributed by atoms with Crippen molar-refractivity contribution in [1.29, 1.82) is 0 Å². The van der Waals surface area contributed by atoms with Crippen LogP contribution in [-0.2, 0) is 20.8 Å². The van der Waals surface area contributed by atoms with E-state index in [0.29, 0.717) is 13.0 Å². The van der Waals surface area contributed by atoms with Crippen LogP contribution in [0.4, 0.5) is 0 Å². The third-order valence-corrected chi connectivity index (χ3v) is 5.22. The van der Waals surface area contributed by atoms with Crippen LogP contribution in [0.5, 0.6) is 5.75 Å². The van der Waals surface area contributed by atoms with Gasteiger partial charge in [0, 0.05) is 31.1 Å². The molecule has 1 aliphatic heterocycles. The van der Waals surface area contributed by atoms with Gasteiger partial charge in [0.05, 0.1) is 19.0 Å². The quantitative estimate of drug-likeness (QED) is 0.409. The highest BCUT2D eigenvalue weighted by Gasteiger charge is 2.14. The fraction of sp³-hybridized carbons (Fsp3) is 0.280. The maximum absolute atomic E-state index is 11.9. The van der Waals surface area contributed by atoms with Gasteiger partial charge in [-0.2, -0.15) is 0 Å². The van der Waals surface area contributed by atoms with Crippen molar-refractivity contribution in [3.8, 4) is 17.0 Å². The second-order valence-electron chi connectivity index (χ2n) is 7.61. The minimum atomic E-state index is -0.355. The molecule has 1 saturated heterocycles. The minimum Gasteiger partial charge on any atom is -0.497 e. The van der Waals surface area contributed by atoms with Crippen molar-refractivity contribution < 1.29 is 19.1 Å². The molecule has 1 atom stereocenters. The lowest BCUT2D eigenvalue weighted by molar-refractivity contribution is -0.198. The van der Waals surface area contributed by atoms with Crippen LogP contribution in [0, 0.1) is 0 Å². The van der Waals surface area contributed by atoms with E-state index < -0.39 is 0 Å². The first kappa shape index (κ1) is 21.8. The number of amides is 1. The van der Waals surface area contributed by atoms with Gasteiger partial charge in [0.15, 0.2) is 6.29 Å². The van der Waals surface area contributed by atoms with Gasteiger partial charge in [-0.3, -0.25) is 4.79 Å². The molecule has 2 aromatic carbocycles. The maximum atomic E-state index is 11.9. The first-order chi connectivity index (χ1) is 15.7. The van der Waals surface area contributed by atoms with Crippen molar-refractivity contribution in [3.05, 3.63) is 77.8 Å². The number of H-pyrrole nitrogens is 1. The molecule has 0 aliphatic carbocycles. The summed E-state index contributed by atoms with van der Waals surface area (Å²) in [6.07, 6.45) is 8.23. The van der Waals surface area contributed by atoms with Gasteiger partial charge in [-0.1, -0.05) is 36.4 Å². The van der Waals surface area contributed by atoms with Gasteiger partial charge in [0.25, 0.3) is 5.91 Å². The van der Waals surface area contributed by atoms with E-state index in [1.54, 1.807) is 13.2 Å². The summed E-state index contributed by atoms with van der Waals surface area (Å²) < 4.78 is 10.7. The minimum absolute atomic E-state index is 0.316. The summed E-state index contributed by atoms with van der Waals surface area (Å²) in [5.41, 5.74) is 6.44. The van der Waals surface area contributed by atoms with E-state index in [0.717, 1.165) is 53.2 Å². The number of carbonyl (C=O) groups is 1. The van der Waals surface area contributed by atoms with E-state index in [9.17, 15) is 4.79 Å². The Bertz CT molecular complexity index is 1050. The molecule has 0 saturated carbocycles. The van der Waals surface area contributed by atoms with Gasteiger partial charge in [-0.15, -0.1) is 0 Å². The highest BCUT2D eigenvalue weighted by Crippen LogP contribution is 2.22. The van der Waals surface area contributed by atoms with Gasteiger partial charge in [0.1, 0.15) is 11.6 Å². The van der Waals surface area contributed by atoms with Crippen molar-refractivity contribution in [2.45, 2.75) is 32.0 Å². The van der Waals surface area contributed by atoms with Crippen molar-refractivity contribution in [2.75, 3.05) is 13.7 Å². The van der Waals surface area contributed by atoms with Crippen molar-refractivity contribution in [3.63, 3.8) is 0 Å². The molecule has 1 amide bonds. The number of ether oxygens (including phenoxy) is 2. The molecule has 7 heteroatoms. The molecule has 1 aromatic heterocycles. The van der Waals surface area contributed by atoms with E-state index in [4.69, 9.17) is 14.3 Å². The molecular weight excluding hydrogens is 406 g/mol. The molecule has 0 bridgehead atoms. The zero-order valence-electron chi connectivity index (χ0n) is 18.0. The molecule has 0 radical (unpaired) electrons. The number of hydrogen-bond donors (Lipinski definition) is 2. The third-order valence-electron chi connectivity index (χ3n) is 5.22. The van der Waals surface area contributed by atoms with Crippen LogP contribution in [0.25, 0.3) is 17.3 Å². The van der Waals surface area contributed by atoms with E-state index in [2.05, 4.69) is 15.4 Å². The average Bonchev–Trinajstić information content (AvgIpc) is 3.31. The smallest absolute Gasteiger partial charge is 0.267 e. The largest absolute Gasteiger partial charge is 0.497 e. The molecule has 7 nitrogen and oxygen atoms in total. The second-order valence-corrected chi connectivity index (χ2v) is 7.61. The molecule has 1 aliphatic rings. The van der Waals surface area contributed by atoms with Crippen LogP contribution in [0.15, 0.2) is 60.8 Å². The molecule has 3 aromatic rings. The summed E-state index contributed by atoms with van der Waals surface area (Å²) in [5, 5.41) is 0. The number of aromatic nitrogens is 2. The number of carbonyl (C=O) groups excluding carboxylic acids is 1. The van der Waals surface area contributed by atoms with Crippen LogP contribution in [0.2, 0.25) is 0 Å². The average molecular weight is 434 g/mol. The van der Waals surface area contributed by atoms with Gasteiger partial charge in [0.2, 0.25) is 0 Å². The Morgan fingerprint density at radius 2 is 2.12 bits per heavy atom. The SMILES string of the molecule is COc1cccc(-c2cnc(Cc3ccc(/C=C/C(=O)NOC4CCCCO4)cc3)[nH]2)c1. The fourth-order valence-corrected chi connectivity index (χ4v) is 3.46. The molecule has 0 spiro atoms. The number of hydrogen-bond acceptors (Lipinski definition) is 5. The maximum Gasteiger partial charge on any atom is 0.267 e. The monoisotopic (exact) mass is 433 g/mol. The topological polar surface area (TPSA) is 85.5 Å². The highest BCUT2D eigenvalue weighted by atomic mass is 16.8. The Kier molecular flexibility index (Phi) is 7.32. The molecule has 1 fully saturated rings. The second kappa shape index (κ2) is 10.7. The van der Waals surface area contributed by atoms with E-state index >= 15 is 0 Å². The van der Waals surface area contributed by atoms with Crippen LogP contribution in [0.1, 0.15) is 36.2 Å². The van der Waals surface area contributed by atoms with Gasteiger partial charge in [-0.25, -0.2) is 15.3 Å². The van der Waals surface area contributed by atoms with Crippen LogP contribution in [0.3, 0.4) is 0 Å². The Labute approximate surface area is 187 Å². The first-order valence-corrected chi connectivity index (χ1v) is 10.7. The molecule has 1 unspecified atom stereocenters. The normalized spacial score (nSPS) is 16.2. The Morgan fingerprint density at radius 1 is 1.25 bits per heavy atom. The molecular formula is C25H27N3O4. The number of methoxy groups -OCH3 is 1. The van der Waals surface area contributed by atoms with Crippen molar-refractivity contribution in [2.24, 2.45) is 0 Å². The fourth-order valence-electron chi connectivity index (χ4n) is 3.46. The number of benzene rings is 2. The van der Waals surface area contributed by atoms with Gasteiger partial charge >= 0.3 is 0 Å². The zero-order chi connectivity index (χ0) is 22.2. The number of nitrogens with zero attached hydrogens (tertiary/aromatic N) is 1. The Hall–Kier alpha value is -3.42. The molecule has 2 heterocycles. The number of imidazole rings is 1. The molecule has 166 valence electrons. The lowest BCUT2D eigenvalue weighted by atomic mass is 10.1. The summed E-state index contributed by atoms with van der Waals surface area (Å²) in [4.78, 5) is 25.1.